The first-order valence-electron chi connectivity index (χ1n) is 7.98. The Balaban J connectivity index is 1.81. The quantitative estimate of drug-likeness (QED) is 0.751. The topological polar surface area (TPSA) is 82.8 Å². The van der Waals surface area contributed by atoms with Gasteiger partial charge in [-0.2, -0.15) is 23.3 Å². The summed E-state index contributed by atoms with van der Waals surface area (Å²) >= 11 is 0. The van der Waals surface area contributed by atoms with Crippen LogP contribution in [0, 0.1) is 13.8 Å². The van der Waals surface area contributed by atoms with Crippen LogP contribution in [0.3, 0.4) is 0 Å². The number of benzene rings is 1. The minimum Gasteiger partial charge on any atom is -0.339 e. The van der Waals surface area contributed by atoms with Crippen LogP contribution in [-0.2, 0) is 19.5 Å². The highest BCUT2D eigenvalue weighted by molar-refractivity contribution is 5.54. The standard InChI is InChI=1S/C17H18F3N5O/c1-10-14(11(2)25(23-10)9-17(18,19)20)7-15-22-16(24-26-15)13-5-3-12(8-21)4-6-13/h3-6H,7-9,21H2,1-2H3. The van der Waals surface area contributed by atoms with Crippen LogP contribution in [0.2, 0.25) is 0 Å². The van der Waals surface area contributed by atoms with Crippen molar-refractivity contribution in [1.29, 1.82) is 0 Å². The minimum atomic E-state index is -4.33. The molecule has 2 N–H and O–H groups in total. The zero-order chi connectivity index (χ0) is 18.9. The Morgan fingerprint density at radius 3 is 2.46 bits per heavy atom. The molecule has 0 spiro atoms. The highest BCUT2D eigenvalue weighted by Gasteiger charge is 2.30. The largest absolute Gasteiger partial charge is 0.408 e. The van der Waals surface area contributed by atoms with E-state index in [0.29, 0.717) is 35.2 Å². The number of halogens is 3. The molecule has 0 amide bonds. The van der Waals surface area contributed by atoms with Crippen LogP contribution in [-0.4, -0.2) is 26.1 Å². The van der Waals surface area contributed by atoms with Crippen LogP contribution in [0.15, 0.2) is 28.8 Å². The highest BCUT2D eigenvalue weighted by Crippen LogP contribution is 2.23. The Bertz CT molecular complexity index is 896. The Kier molecular flexibility index (Phi) is 4.82. The van der Waals surface area contributed by atoms with Gasteiger partial charge in [0.25, 0.3) is 0 Å². The lowest BCUT2D eigenvalue weighted by Gasteiger charge is -2.08. The number of hydrogen-bond donors (Lipinski definition) is 1. The number of alkyl halides is 3. The zero-order valence-electron chi connectivity index (χ0n) is 14.3. The molecule has 0 fully saturated rings. The first kappa shape index (κ1) is 18.1. The molecular weight excluding hydrogens is 347 g/mol. The molecule has 0 saturated carbocycles. The first-order chi connectivity index (χ1) is 12.3. The van der Waals surface area contributed by atoms with Crippen LogP contribution in [0.1, 0.15) is 28.4 Å². The van der Waals surface area contributed by atoms with Gasteiger partial charge in [0.2, 0.25) is 11.7 Å². The Labute approximate surface area is 147 Å². The second-order valence-electron chi connectivity index (χ2n) is 6.01. The highest BCUT2D eigenvalue weighted by atomic mass is 19.4. The van der Waals surface area contributed by atoms with Gasteiger partial charge in [0, 0.05) is 23.4 Å². The van der Waals surface area contributed by atoms with Gasteiger partial charge >= 0.3 is 6.18 Å². The Hall–Kier alpha value is -2.68. The van der Waals surface area contributed by atoms with E-state index in [1.165, 1.54) is 0 Å². The van der Waals surface area contributed by atoms with E-state index in [4.69, 9.17) is 10.3 Å². The van der Waals surface area contributed by atoms with Crippen molar-refractivity contribution in [3.05, 3.63) is 52.7 Å². The molecule has 0 unspecified atom stereocenters. The summed E-state index contributed by atoms with van der Waals surface area (Å²) in [6.07, 6.45) is -4.10. The lowest BCUT2D eigenvalue weighted by Crippen LogP contribution is -2.19. The first-order valence-corrected chi connectivity index (χ1v) is 7.98. The second-order valence-corrected chi connectivity index (χ2v) is 6.01. The molecule has 0 radical (unpaired) electrons. The number of aryl methyl sites for hydroxylation is 1. The van der Waals surface area contributed by atoms with Gasteiger partial charge in [0.1, 0.15) is 6.54 Å². The molecule has 1 aromatic carbocycles. The molecule has 2 aromatic heterocycles. The monoisotopic (exact) mass is 365 g/mol. The van der Waals surface area contributed by atoms with E-state index in [1.54, 1.807) is 13.8 Å². The number of nitrogens with two attached hydrogens (primary N) is 1. The fraction of sp³-hybridized carbons (Fsp3) is 0.353. The number of rotatable bonds is 5. The Morgan fingerprint density at radius 2 is 1.85 bits per heavy atom. The van der Waals surface area contributed by atoms with Crippen molar-refractivity contribution in [3.8, 4) is 11.4 Å². The third-order valence-corrected chi connectivity index (χ3v) is 4.10. The van der Waals surface area contributed by atoms with E-state index in [1.807, 2.05) is 24.3 Å². The average Bonchev–Trinajstić information content (AvgIpc) is 3.14. The molecule has 0 saturated heterocycles. The molecule has 3 rings (SSSR count). The van der Waals surface area contributed by atoms with Crippen LogP contribution in [0.4, 0.5) is 13.2 Å². The Morgan fingerprint density at radius 1 is 1.15 bits per heavy atom. The molecule has 6 nitrogen and oxygen atoms in total. The summed E-state index contributed by atoms with van der Waals surface area (Å²) in [6.45, 7) is 2.59. The normalized spacial score (nSPS) is 11.9. The fourth-order valence-corrected chi connectivity index (χ4v) is 2.70. The molecular formula is C17H18F3N5O. The summed E-state index contributed by atoms with van der Waals surface area (Å²) in [6, 6.07) is 7.44. The van der Waals surface area contributed by atoms with Gasteiger partial charge in [0.05, 0.1) is 12.1 Å². The van der Waals surface area contributed by atoms with Crippen molar-refractivity contribution in [2.24, 2.45) is 5.73 Å². The summed E-state index contributed by atoms with van der Waals surface area (Å²) in [5.41, 5.74) is 8.94. The van der Waals surface area contributed by atoms with Crippen LogP contribution < -0.4 is 5.73 Å². The van der Waals surface area contributed by atoms with E-state index in [-0.39, 0.29) is 6.42 Å². The molecule has 0 aliphatic heterocycles. The van der Waals surface area contributed by atoms with Crippen molar-refractivity contribution in [1.82, 2.24) is 19.9 Å². The lowest BCUT2D eigenvalue weighted by atomic mass is 10.1. The third-order valence-electron chi connectivity index (χ3n) is 4.10. The molecule has 26 heavy (non-hydrogen) atoms. The van der Waals surface area contributed by atoms with Gasteiger partial charge in [-0.15, -0.1) is 0 Å². The molecule has 2 heterocycles. The molecule has 138 valence electrons. The maximum Gasteiger partial charge on any atom is 0.408 e. The summed E-state index contributed by atoms with van der Waals surface area (Å²) in [5, 5.41) is 7.91. The molecule has 0 aliphatic carbocycles. The van der Waals surface area contributed by atoms with Crippen molar-refractivity contribution in [2.75, 3.05) is 0 Å². The number of aromatic nitrogens is 4. The van der Waals surface area contributed by atoms with E-state index >= 15 is 0 Å². The van der Waals surface area contributed by atoms with Crippen LogP contribution in [0.25, 0.3) is 11.4 Å². The second kappa shape index (κ2) is 6.91. The summed E-state index contributed by atoms with van der Waals surface area (Å²) in [5.74, 6) is 0.738. The maximum absolute atomic E-state index is 12.6. The van der Waals surface area contributed by atoms with Crippen LogP contribution >= 0.6 is 0 Å². The SMILES string of the molecule is Cc1nn(CC(F)(F)F)c(C)c1Cc1nc(-c2ccc(CN)cc2)no1. The van der Waals surface area contributed by atoms with Crippen molar-refractivity contribution >= 4 is 0 Å². The van der Waals surface area contributed by atoms with Crippen molar-refractivity contribution < 1.29 is 17.7 Å². The number of nitrogens with zero attached hydrogens (tertiary/aromatic N) is 4. The molecule has 9 heteroatoms. The van der Waals surface area contributed by atoms with Crippen molar-refractivity contribution in [2.45, 2.75) is 39.5 Å². The fourth-order valence-electron chi connectivity index (χ4n) is 2.70. The predicted octanol–water partition coefficient (Wildman–Crippen LogP) is 3.16. The van der Waals surface area contributed by atoms with Crippen molar-refractivity contribution in [3.63, 3.8) is 0 Å². The maximum atomic E-state index is 12.6. The predicted molar refractivity (Wildman–Crippen MR) is 88.2 cm³/mol. The average molecular weight is 365 g/mol. The third kappa shape index (κ3) is 3.93. The van der Waals surface area contributed by atoms with Gasteiger partial charge in [-0.25, -0.2) is 0 Å². The summed E-state index contributed by atoms with van der Waals surface area (Å²) < 4.78 is 44.1. The molecule has 0 aliphatic rings. The molecule has 0 atom stereocenters. The summed E-state index contributed by atoms with van der Waals surface area (Å²) in [7, 11) is 0. The molecule has 0 bridgehead atoms. The van der Waals surface area contributed by atoms with Gasteiger partial charge in [-0.1, -0.05) is 29.4 Å². The summed E-state index contributed by atoms with van der Waals surface area (Å²) in [4.78, 5) is 4.33. The van der Waals surface area contributed by atoms with Gasteiger partial charge in [-0.3, -0.25) is 4.68 Å². The van der Waals surface area contributed by atoms with Gasteiger partial charge < -0.3 is 10.3 Å². The smallest absolute Gasteiger partial charge is 0.339 e. The zero-order valence-corrected chi connectivity index (χ0v) is 14.3. The van der Waals surface area contributed by atoms with Gasteiger partial charge in [0.15, 0.2) is 0 Å². The van der Waals surface area contributed by atoms with E-state index in [2.05, 4.69) is 15.2 Å². The van der Waals surface area contributed by atoms with E-state index < -0.39 is 12.7 Å². The van der Waals surface area contributed by atoms with E-state index in [0.717, 1.165) is 15.8 Å². The molecule has 3 aromatic rings. The van der Waals surface area contributed by atoms with Gasteiger partial charge in [-0.05, 0) is 19.4 Å². The number of hydrogen-bond acceptors (Lipinski definition) is 5. The van der Waals surface area contributed by atoms with E-state index in [9.17, 15) is 13.2 Å². The lowest BCUT2D eigenvalue weighted by molar-refractivity contribution is -0.142. The van der Waals surface area contributed by atoms with Crippen LogP contribution in [0.5, 0.6) is 0 Å². The minimum absolute atomic E-state index is 0.226.